The average Bonchev–Trinajstić information content (AvgIpc) is 2.49. The highest BCUT2D eigenvalue weighted by Gasteiger charge is 2.25. The minimum atomic E-state index is -1.02. The minimum Gasteiger partial charge on any atom is -0.463 e. The lowest BCUT2D eigenvalue weighted by Gasteiger charge is -2.18. The number of esters is 1. The molecule has 0 spiro atoms. The van der Waals surface area contributed by atoms with Gasteiger partial charge in [0.2, 0.25) is 5.91 Å². The lowest BCUT2D eigenvalue weighted by atomic mass is 10.1. The van der Waals surface area contributed by atoms with Gasteiger partial charge in [-0.3, -0.25) is 9.59 Å². The van der Waals surface area contributed by atoms with Crippen molar-refractivity contribution in [3.63, 3.8) is 0 Å². The van der Waals surface area contributed by atoms with Crippen LogP contribution in [0.15, 0.2) is 0 Å². The molecule has 0 rings (SSSR count). The summed E-state index contributed by atoms with van der Waals surface area (Å²) in [4.78, 5) is 34.6. The van der Waals surface area contributed by atoms with Crippen molar-refractivity contribution < 1.29 is 23.9 Å². The van der Waals surface area contributed by atoms with E-state index < -0.39 is 29.8 Å². The van der Waals surface area contributed by atoms with E-state index in [1.807, 2.05) is 6.07 Å². The number of carbonyl (C=O) groups excluding carboxylic acids is 3. The molecule has 0 aliphatic carbocycles. The van der Waals surface area contributed by atoms with Crippen LogP contribution in [0.1, 0.15) is 26.2 Å². The van der Waals surface area contributed by atoms with Gasteiger partial charge in [0.1, 0.15) is 18.8 Å². The van der Waals surface area contributed by atoms with E-state index in [1.165, 1.54) is 14.0 Å². The molecule has 0 heterocycles. The van der Waals surface area contributed by atoms with Crippen LogP contribution in [0.3, 0.4) is 0 Å². The van der Waals surface area contributed by atoms with Crippen molar-refractivity contribution in [1.82, 2.24) is 5.32 Å². The molecule has 0 aliphatic rings. The molecule has 0 bridgehead atoms. The molecule has 8 heteroatoms. The smallest absolute Gasteiger partial charge is 0.328 e. The highest BCUT2D eigenvalue weighted by atomic mass is 16.5. The first-order valence-corrected chi connectivity index (χ1v) is 6.36. The largest absolute Gasteiger partial charge is 0.463 e. The van der Waals surface area contributed by atoms with Gasteiger partial charge in [-0.15, -0.1) is 0 Å². The molecule has 21 heavy (non-hydrogen) atoms. The van der Waals surface area contributed by atoms with E-state index in [0.717, 1.165) is 0 Å². The molecule has 0 aliphatic heterocycles. The third-order valence-electron chi connectivity index (χ3n) is 2.62. The van der Waals surface area contributed by atoms with E-state index >= 15 is 0 Å². The number of nitriles is 1. The Kier molecular flexibility index (Phi) is 9.37. The second-order valence-electron chi connectivity index (χ2n) is 4.16. The van der Waals surface area contributed by atoms with Crippen LogP contribution in [0.2, 0.25) is 0 Å². The molecule has 0 aromatic rings. The number of ether oxygens (including phenoxy) is 2. The number of ketones is 1. The minimum absolute atomic E-state index is 0.0156. The average molecular weight is 297 g/mol. The van der Waals surface area contributed by atoms with Crippen LogP contribution in [0, 0.1) is 16.7 Å². The molecule has 0 saturated carbocycles. The molecule has 8 nitrogen and oxygen atoms in total. The number of hydrogen-bond donors (Lipinski definition) is 2. The second kappa shape index (κ2) is 10.5. The van der Waals surface area contributed by atoms with Gasteiger partial charge in [0, 0.05) is 13.5 Å². The van der Waals surface area contributed by atoms with Gasteiger partial charge >= 0.3 is 5.97 Å². The highest BCUT2D eigenvalue weighted by molar-refractivity contribution is 6.26. The summed E-state index contributed by atoms with van der Waals surface area (Å²) in [5.41, 5.74) is 0. The number of methoxy groups -OCH3 is 1. The summed E-state index contributed by atoms with van der Waals surface area (Å²) >= 11 is 0. The molecule has 0 unspecified atom stereocenters. The standard InChI is InChI=1S/C13H19N3O5/c1-9(20-2)12(18)16-11(5-4-10(17)8-15)13(19)21-7-3-6-14/h8-9,11,15H,3-5,7H2,1-2H3,(H,16,18)/t9-,11+/m1/s1. The molecule has 2 N–H and O–H groups in total. The Labute approximate surface area is 122 Å². The predicted octanol–water partition coefficient (Wildman–Crippen LogP) is -0.0382. The quantitative estimate of drug-likeness (QED) is 0.330. The third-order valence-corrected chi connectivity index (χ3v) is 2.62. The summed E-state index contributed by atoms with van der Waals surface area (Å²) in [6, 6.07) is 0.805. The van der Waals surface area contributed by atoms with Gasteiger partial charge in [0.05, 0.1) is 18.7 Å². The molecule has 0 aromatic heterocycles. The molecule has 0 aromatic carbocycles. The zero-order chi connectivity index (χ0) is 16.3. The maximum absolute atomic E-state index is 11.8. The summed E-state index contributed by atoms with van der Waals surface area (Å²) < 4.78 is 9.67. The van der Waals surface area contributed by atoms with Crippen molar-refractivity contribution >= 4 is 23.9 Å². The Morgan fingerprint density at radius 3 is 2.62 bits per heavy atom. The monoisotopic (exact) mass is 297 g/mol. The van der Waals surface area contributed by atoms with E-state index in [4.69, 9.17) is 20.1 Å². The summed E-state index contributed by atoms with van der Waals surface area (Å²) in [6.07, 6.45) is -0.110. The van der Waals surface area contributed by atoms with Crippen LogP contribution < -0.4 is 5.32 Å². The van der Waals surface area contributed by atoms with Crippen LogP contribution in [0.4, 0.5) is 0 Å². The fourth-order valence-corrected chi connectivity index (χ4v) is 1.30. The first-order valence-electron chi connectivity index (χ1n) is 6.36. The van der Waals surface area contributed by atoms with E-state index in [0.29, 0.717) is 6.21 Å². The first-order chi connectivity index (χ1) is 9.96. The Bertz CT molecular complexity index is 430. The van der Waals surface area contributed by atoms with Gasteiger partial charge in [0.25, 0.3) is 0 Å². The fraction of sp³-hybridized carbons (Fsp3) is 0.615. The van der Waals surface area contributed by atoms with Crippen LogP contribution in [-0.2, 0) is 23.9 Å². The number of nitrogens with one attached hydrogen (secondary N) is 2. The van der Waals surface area contributed by atoms with E-state index in [-0.39, 0.29) is 25.9 Å². The summed E-state index contributed by atoms with van der Waals surface area (Å²) in [6.45, 7) is 1.43. The number of amides is 1. The molecular weight excluding hydrogens is 278 g/mol. The van der Waals surface area contributed by atoms with Crippen molar-refractivity contribution in [2.24, 2.45) is 0 Å². The Morgan fingerprint density at radius 2 is 2.10 bits per heavy atom. The molecule has 0 saturated heterocycles. The SMILES string of the molecule is CO[C@H](C)C(=O)N[C@@H](CCC(=O)C=N)C(=O)OCCC#N. The van der Waals surface area contributed by atoms with Crippen molar-refractivity contribution in [2.45, 2.75) is 38.3 Å². The number of carbonyl (C=O) groups is 3. The van der Waals surface area contributed by atoms with Gasteiger partial charge < -0.3 is 20.2 Å². The first kappa shape index (κ1) is 18.7. The van der Waals surface area contributed by atoms with E-state index in [1.54, 1.807) is 0 Å². The van der Waals surface area contributed by atoms with Gasteiger partial charge in [-0.2, -0.15) is 5.26 Å². The summed E-state index contributed by atoms with van der Waals surface area (Å²) in [5.74, 6) is -1.69. The number of nitrogens with zero attached hydrogens (tertiary/aromatic N) is 1. The van der Waals surface area contributed by atoms with Crippen molar-refractivity contribution in [3.8, 4) is 6.07 Å². The van der Waals surface area contributed by atoms with E-state index in [2.05, 4.69) is 5.32 Å². The maximum atomic E-state index is 11.8. The summed E-state index contributed by atoms with van der Waals surface area (Å²) in [7, 11) is 1.35. The Morgan fingerprint density at radius 1 is 1.43 bits per heavy atom. The van der Waals surface area contributed by atoms with Crippen LogP contribution >= 0.6 is 0 Å². The lowest BCUT2D eigenvalue weighted by Crippen LogP contribution is -2.46. The topological polar surface area (TPSA) is 129 Å². The number of rotatable bonds is 10. The maximum Gasteiger partial charge on any atom is 0.328 e. The highest BCUT2D eigenvalue weighted by Crippen LogP contribution is 2.03. The molecule has 0 fully saturated rings. The fourth-order valence-electron chi connectivity index (χ4n) is 1.30. The Balaban J connectivity index is 4.63. The lowest BCUT2D eigenvalue weighted by molar-refractivity contribution is -0.149. The molecular formula is C13H19N3O5. The number of hydrogen-bond acceptors (Lipinski definition) is 7. The van der Waals surface area contributed by atoms with Gasteiger partial charge in [-0.05, 0) is 13.3 Å². The molecule has 1 amide bonds. The summed E-state index contributed by atoms with van der Waals surface area (Å²) in [5, 5.41) is 17.6. The zero-order valence-corrected chi connectivity index (χ0v) is 12.0. The Hall–Kier alpha value is -2.27. The molecule has 2 atom stereocenters. The van der Waals surface area contributed by atoms with Crippen molar-refractivity contribution in [2.75, 3.05) is 13.7 Å². The normalized spacial score (nSPS) is 12.6. The van der Waals surface area contributed by atoms with E-state index in [9.17, 15) is 14.4 Å². The predicted molar refractivity (Wildman–Crippen MR) is 72.6 cm³/mol. The van der Waals surface area contributed by atoms with Crippen LogP contribution in [-0.4, -0.2) is 49.7 Å². The van der Waals surface area contributed by atoms with Crippen LogP contribution in [0.25, 0.3) is 0 Å². The third kappa shape index (κ3) is 7.79. The van der Waals surface area contributed by atoms with Crippen molar-refractivity contribution in [1.29, 1.82) is 10.7 Å². The zero-order valence-electron chi connectivity index (χ0n) is 12.0. The van der Waals surface area contributed by atoms with Crippen LogP contribution in [0.5, 0.6) is 0 Å². The van der Waals surface area contributed by atoms with Gasteiger partial charge in [-0.1, -0.05) is 0 Å². The van der Waals surface area contributed by atoms with Crippen molar-refractivity contribution in [3.05, 3.63) is 0 Å². The molecule has 0 radical (unpaired) electrons. The van der Waals surface area contributed by atoms with Gasteiger partial charge in [-0.25, -0.2) is 4.79 Å². The number of Topliss-reactive ketones (excluding diaryl/α,β-unsaturated/α-hetero) is 1. The second-order valence-corrected chi connectivity index (χ2v) is 4.16. The van der Waals surface area contributed by atoms with Gasteiger partial charge in [0.15, 0.2) is 5.78 Å². The molecule has 116 valence electrons.